The van der Waals surface area contributed by atoms with Crippen LogP contribution in [0.4, 0.5) is 4.39 Å². The summed E-state index contributed by atoms with van der Waals surface area (Å²) in [6.45, 7) is 4.09. The molecule has 1 fully saturated rings. The lowest BCUT2D eigenvalue weighted by atomic mass is 10.1. The SMILES string of the molecule is CC(C)c1csc(-c2cc3c(cc2F)c(=O)c(C#N)cn3C2CC2)n1. The normalized spacial score (nSPS) is 14.2. The van der Waals surface area contributed by atoms with E-state index in [0.717, 1.165) is 18.5 Å². The van der Waals surface area contributed by atoms with Crippen LogP contribution in [0.5, 0.6) is 0 Å². The molecule has 1 aliphatic carbocycles. The molecule has 0 N–H and O–H groups in total. The molecular formula is C19H16FN3OS. The molecule has 25 heavy (non-hydrogen) atoms. The first-order valence-corrected chi connectivity index (χ1v) is 9.12. The van der Waals surface area contributed by atoms with Crippen molar-refractivity contribution in [3.63, 3.8) is 0 Å². The maximum atomic E-state index is 14.7. The molecule has 0 aliphatic heterocycles. The van der Waals surface area contributed by atoms with Crippen molar-refractivity contribution >= 4 is 22.2 Å². The topological polar surface area (TPSA) is 58.7 Å². The second-order valence-corrected chi connectivity index (χ2v) is 7.56. The Bertz CT molecular complexity index is 1090. The number of halogens is 1. The molecule has 4 nitrogen and oxygen atoms in total. The molecule has 3 aromatic rings. The Morgan fingerprint density at radius 1 is 1.40 bits per heavy atom. The van der Waals surface area contributed by atoms with Crippen molar-refractivity contribution in [3.05, 3.63) is 51.0 Å². The van der Waals surface area contributed by atoms with E-state index in [1.807, 2.05) is 29.9 Å². The van der Waals surface area contributed by atoms with Gasteiger partial charge in [-0.3, -0.25) is 4.79 Å². The lowest BCUT2D eigenvalue weighted by molar-refractivity contribution is 0.632. The first-order chi connectivity index (χ1) is 12.0. The number of nitrogens with zero attached hydrogens (tertiary/aromatic N) is 3. The summed E-state index contributed by atoms with van der Waals surface area (Å²) in [6.07, 6.45) is 3.61. The zero-order valence-electron chi connectivity index (χ0n) is 13.9. The first-order valence-electron chi connectivity index (χ1n) is 8.24. The maximum absolute atomic E-state index is 14.7. The Balaban J connectivity index is 1.98. The van der Waals surface area contributed by atoms with Crippen LogP contribution in [-0.4, -0.2) is 9.55 Å². The number of thiazole rings is 1. The second-order valence-electron chi connectivity index (χ2n) is 6.70. The maximum Gasteiger partial charge on any atom is 0.207 e. The van der Waals surface area contributed by atoms with Gasteiger partial charge in [0.05, 0.1) is 11.2 Å². The molecule has 0 bridgehead atoms. The summed E-state index contributed by atoms with van der Waals surface area (Å²) in [7, 11) is 0. The number of hydrogen-bond acceptors (Lipinski definition) is 4. The van der Waals surface area contributed by atoms with E-state index in [-0.39, 0.29) is 22.9 Å². The quantitative estimate of drug-likeness (QED) is 0.692. The first kappa shape index (κ1) is 16.0. The molecule has 0 amide bonds. The lowest BCUT2D eigenvalue weighted by Gasteiger charge is -2.12. The fourth-order valence-corrected chi connectivity index (χ4v) is 3.94. The van der Waals surface area contributed by atoms with Gasteiger partial charge in [-0.25, -0.2) is 9.37 Å². The molecule has 0 saturated heterocycles. The minimum absolute atomic E-state index is 0.0582. The molecular weight excluding hydrogens is 337 g/mol. The third kappa shape index (κ3) is 2.65. The van der Waals surface area contributed by atoms with E-state index in [0.29, 0.717) is 16.1 Å². The van der Waals surface area contributed by atoms with E-state index in [1.54, 1.807) is 12.3 Å². The molecule has 1 aliphatic rings. The van der Waals surface area contributed by atoms with Gasteiger partial charge in [0.25, 0.3) is 0 Å². The molecule has 2 aromatic heterocycles. The van der Waals surface area contributed by atoms with Crippen molar-refractivity contribution in [2.75, 3.05) is 0 Å². The van der Waals surface area contributed by atoms with Crippen LogP contribution in [0.3, 0.4) is 0 Å². The Kier molecular flexibility index (Phi) is 3.69. The largest absolute Gasteiger partial charge is 0.343 e. The molecule has 0 unspecified atom stereocenters. The van der Waals surface area contributed by atoms with Crippen LogP contribution < -0.4 is 5.43 Å². The Labute approximate surface area is 148 Å². The molecule has 6 heteroatoms. The van der Waals surface area contributed by atoms with Gasteiger partial charge in [-0.2, -0.15) is 5.26 Å². The highest BCUT2D eigenvalue weighted by molar-refractivity contribution is 7.13. The number of pyridine rings is 1. The highest BCUT2D eigenvalue weighted by atomic mass is 32.1. The number of nitriles is 1. The molecule has 1 saturated carbocycles. The van der Waals surface area contributed by atoms with Crippen molar-refractivity contribution in [3.8, 4) is 16.6 Å². The number of rotatable bonds is 3. The third-order valence-electron chi connectivity index (χ3n) is 4.53. The average Bonchev–Trinajstić information content (AvgIpc) is 3.31. The Morgan fingerprint density at radius 3 is 2.76 bits per heavy atom. The van der Waals surface area contributed by atoms with Crippen LogP contribution in [0.1, 0.15) is 49.9 Å². The van der Waals surface area contributed by atoms with Gasteiger partial charge in [0.2, 0.25) is 5.43 Å². The van der Waals surface area contributed by atoms with Crippen molar-refractivity contribution in [1.82, 2.24) is 9.55 Å². The predicted octanol–water partition coefficient (Wildman–Crippen LogP) is 4.59. The monoisotopic (exact) mass is 353 g/mol. The van der Waals surface area contributed by atoms with Gasteiger partial charge >= 0.3 is 0 Å². The van der Waals surface area contributed by atoms with Gasteiger partial charge in [-0.05, 0) is 30.9 Å². The fourth-order valence-electron chi connectivity index (χ4n) is 2.94. The average molecular weight is 353 g/mol. The van der Waals surface area contributed by atoms with Crippen molar-refractivity contribution in [1.29, 1.82) is 5.26 Å². The summed E-state index contributed by atoms with van der Waals surface area (Å²) in [5.74, 6) is -0.206. The Morgan fingerprint density at radius 2 is 2.16 bits per heavy atom. The van der Waals surface area contributed by atoms with Crippen LogP contribution in [0.15, 0.2) is 28.5 Å². The molecule has 0 spiro atoms. The summed E-state index contributed by atoms with van der Waals surface area (Å²) < 4.78 is 16.7. The van der Waals surface area contributed by atoms with Gasteiger partial charge in [0, 0.05) is 28.6 Å². The highest BCUT2D eigenvalue weighted by Gasteiger charge is 2.26. The summed E-state index contributed by atoms with van der Waals surface area (Å²) in [5.41, 5.74) is 1.65. The molecule has 2 heterocycles. The van der Waals surface area contributed by atoms with Gasteiger partial charge in [0.15, 0.2) is 0 Å². The van der Waals surface area contributed by atoms with Gasteiger partial charge in [-0.15, -0.1) is 11.3 Å². The second kappa shape index (κ2) is 5.78. The van der Waals surface area contributed by atoms with Crippen LogP contribution >= 0.6 is 11.3 Å². The van der Waals surface area contributed by atoms with Crippen LogP contribution in [0, 0.1) is 17.1 Å². The minimum atomic E-state index is -0.480. The van der Waals surface area contributed by atoms with E-state index in [9.17, 15) is 14.4 Å². The fraction of sp³-hybridized carbons (Fsp3) is 0.316. The zero-order valence-corrected chi connectivity index (χ0v) is 14.7. The molecule has 4 rings (SSSR count). The van der Waals surface area contributed by atoms with Crippen molar-refractivity contribution in [2.24, 2.45) is 0 Å². The zero-order chi connectivity index (χ0) is 17.7. The summed E-state index contributed by atoms with van der Waals surface area (Å²) >= 11 is 1.40. The molecule has 0 atom stereocenters. The van der Waals surface area contributed by atoms with E-state index < -0.39 is 11.2 Å². The summed E-state index contributed by atoms with van der Waals surface area (Å²) in [6, 6.07) is 5.16. The van der Waals surface area contributed by atoms with Crippen molar-refractivity contribution in [2.45, 2.75) is 38.6 Å². The van der Waals surface area contributed by atoms with E-state index in [1.165, 1.54) is 17.4 Å². The summed E-state index contributed by atoms with van der Waals surface area (Å²) in [4.78, 5) is 17.0. The third-order valence-corrected chi connectivity index (χ3v) is 5.42. The Hall–Kier alpha value is -2.52. The van der Waals surface area contributed by atoms with Crippen LogP contribution in [-0.2, 0) is 0 Å². The molecule has 126 valence electrons. The van der Waals surface area contributed by atoms with Gasteiger partial charge < -0.3 is 4.57 Å². The number of fused-ring (bicyclic) bond motifs is 1. The van der Waals surface area contributed by atoms with Gasteiger partial charge in [-0.1, -0.05) is 13.8 Å². The number of benzene rings is 1. The smallest absolute Gasteiger partial charge is 0.207 e. The van der Waals surface area contributed by atoms with Crippen molar-refractivity contribution < 1.29 is 4.39 Å². The number of hydrogen-bond donors (Lipinski definition) is 0. The predicted molar refractivity (Wildman–Crippen MR) is 96.3 cm³/mol. The van der Waals surface area contributed by atoms with Crippen LogP contribution in [0.25, 0.3) is 21.5 Å². The van der Waals surface area contributed by atoms with E-state index in [4.69, 9.17) is 0 Å². The molecule has 0 radical (unpaired) electrons. The highest BCUT2D eigenvalue weighted by Crippen LogP contribution is 2.38. The van der Waals surface area contributed by atoms with E-state index >= 15 is 0 Å². The molecule has 1 aromatic carbocycles. The standard InChI is InChI=1S/C19H16FN3OS/c1-10(2)16-9-25-19(22-16)13-6-17-14(5-15(13)20)18(24)11(7-21)8-23(17)12-3-4-12/h5-6,8-10,12H,3-4H2,1-2H3. The lowest BCUT2D eigenvalue weighted by Crippen LogP contribution is -2.13. The number of aromatic nitrogens is 2. The van der Waals surface area contributed by atoms with Gasteiger partial charge in [0.1, 0.15) is 22.5 Å². The van der Waals surface area contributed by atoms with Crippen LogP contribution in [0.2, 0.25) is 0 Å². The summed E-state index contributed by atoms with van der Waals surface area (Å²) in [5, 5.41) is 12.0. The minimum Gasteiger partial charge on any atom is -0.343 e. The van der Waals surface area contributed by atoms with E-state index in [2.05, 4.69) is 4.98 Å².